The molecule has 1 unspecified atom stereocenters. The number of fused-ring (bicyclic) bond motifs is 1. The van der Waals surface area contributed by atoms with Crippen molar-refractivity contribution in [2.75, 3.05) is 0 Å². The largest absolute Gasteiger partial charge is 0.328 e. The molecule has 2 heteroatoms. The monoisotopic (exact) mass is 214 g/mol. The van der Waals surface area contributed by atoms with Crippen molar-refractivity contribution >= 4 is 10.9 Å². The van der Waals surface area contributed by atoms with Gasteiger partial charge < -0.3 is 5.73 Å². The van der Waals surface area contributed by atoms with E-state index in [-0.39, 0.29) is 6.04 Å². The van der Waals surface area contributed by atoms with E-state index in [9.17, 15) is 0 Å². The Morgan fingerprint density at radius 1 is 1.31 bits per heavy atom. The average Bonchev–Trinajstić information content (AvgIpc) is 2.18. The highest BCUT2D eigenvalue weighted by Gasteiger charge is 2.07. The third kappa shape index (κ3) is 2.07. The lowest BCUT2D eigenvalue weighted by Gasteiger charge is -2.11. The van der Waals surface area contributed by atoms with Crippen LogP contribution in [0.1, 0.15) is 23.6 Å². The summed E-state index contributed by atoms with van der Waals surface area (Å²) < 4.78 is 0. The molecule has 0 saturated heterocycles. The number of aryl methyl sites for hydroxylation is 2. The van der Waals surface area contributed by atoms with Crippen LogP contribution in [0.5, 0.6) is 0 Å². The molecule has 0 aliphatic heterocycles. The molecule has 0 aliphatic carbocycles. The lowest BCUT2D eigenvalue weighted by molar-refractivity contribution is 0.740. The van der Waals surface area contributed by atoms with Crippen molar-refractivity contribution in [3.05, 3.63) is 41.1 Å². The molecule has 0 fully saturated rings. The van der Waals surface area contributed by atoms with Crippen LogP contribution < -0.4 is 5.73 Å². The van der Waals surface area contributed by atoms with Crippen molar-refractivity contribution in [1.29, 1.82) is 0 Å². The lowest BCUT2D eigenvalue weighted by Crippen LogP contribution is -2.18. The van der Waals surface area contributed by atoms with Crippen LogP contribution in [0.2, 0.25) is 0 Å². The molecule has 1 aromatic carbocycles. The first-order chi connectivity index (χ1) is 7.58. The smallest absolute Gasteiger partial charge is 0.0737 e. The minimum absolute atomic E-state index is 0.173. The third-order valence-corrected chi connectivity index (χ3v) is 2.83. The zero-order chi connectivity index (χ0) is 11.7. The molecule has 1 atom stereocenters. The van der Waals surface area contributed by atoms with Gasteiger partial charge in [0.25, 0.3) is 0 Å². The van der Waals surface area contributed by atoms with E-state index < -0.39 is 0 Å². The molecule has 2 aromatic rings. The summed E-state index contributed by atoms with van der Waals surface area (Å²) in [4.78, 5) is 4.48. The predicted octanol–water partition coefficient (Wildman–Crippen LogP) is 2.74. The quantitative estimate of drug-likeness (QED) is 0.834. The highest BCUT2D eigenvalue weighted by Crippen LogP contribution is 2.22. The minimum atomic E-state index is 0.173. The van der Waals surface area contributed by atoms with E-state index in [0.29, 0.717) is 0 Å². The van der Waals surface area contributed by atoms with Crippen LogP contribution in [-0.4, -0.2) is 11.0 Å². The standard InChI is InChI=1S/C14H18N2/c1-9-6-12(8-11(3)15)14-13(7-9)10(2)4-5-16-14/h4-7,11H,8,15H2,1-3H3. The van der Waals surface area contributed by atoms with Crippen LogP contribution >= 0.6 is 0 Å². The van der Waals surface area contributed by atoms with Crippen molar-refractivity contribution in [1.82, 2.24) is 4.98 Å². The minimum Gasteiger partial charge on any atom is -0.328 e. The van der Waals surface area contributed by atoms with Gasteiger partial charge in [-0.15, -0.1) is 0 Å². The van der Waals surface area contributed by atoms with Crippen molar-refractivity contribution in [2.45, 2.75) is 33.2 Å². The molecule has 0 aliphatic rings. The first-order valence-corrected chi connectivity index (χ1v) is 5.68. The molecule has 0 amide bonds. The maximum Gasteiger partial charge on any atom is 0.0737 e. The number of hydrogen-bond acceptors (Lipinski definition) is 2. The Morgan fingerprint density at radius 2 is 2.06 bits per heavy atom. The second-order valence-electron chi connectivity index (χ2n) is 4.63. The Morgan fingerprint density at radius 3 is 2.75 bits per heavy atom. The summed E-state index contributed by atoms with van der Waals surface area (Å²) in [6.45, 7) is 6.28. The summed E-state index contributed by atoms with van der Waals surface area (Å²) in [5.74, 6) is 0. The molecule has 1 aromatic heterocycles. The lowest BCUT2D eigenvalue weighted by atomic mass is 9.99. The number of nitrogens with zero attached hydrogens (tertiary/aromatic N) is 1. The molecule has 0 bridgehead atoms. The van der Waals surface area contributed by atoms with E-state index in [2.05, 4.69) is 37.0 Å². The van der Waals surface area contributed by atoms with Gasteiger partial charge in [-0.05, 0) is 50.5 Å². The third-order valence-electron chi connectivity index (χ3n) is 2.83. The first kappa shape index (κ1) is 11.1. The van der Waals surface area contributed by atoms with E-state index in [4.69, 9.17) is 5.73 Å². The molecule has 2 nitrogen and oxygen atoms in total. The summed E-state index contributed by atoms with van der Waals surface area (Å²) in [5.41, 5.74) is 10.8. The molecular formula is C14H18N2. The van der Waals surface area contributed by atoms with E-state index in [1.165, 1.54) is 22.1 Å². The second kappa shape index (κ2) is 4.22. The van der Waals surface area contributed by atoms with E-state index in [0.717, 1.165) is 11.9 Å². The summed E-state index contributed by atoms with van der Waals surface area (Å²) in [5, 5.41) is 1.25. The Labute approximate surface area is 96.5 Å². The van der Waals surface area contributed by atoms with Gasteiger partial charge in [0.15, 0.2) is 0 Å². The fourth-order valence-corrected chi connectivity index (χ4v) is 2.12. The van der Waals surface area contributed by atoms with Crippen molar-refractivity contribution in [2.24, 2.45) is 5.73 Å². The van der Waals surface area contributed by atoms with Crippen LogP contribution in [0.3, 0.4) is 0 Å². The maximum atomic E-state index is 5.88. The van der Waals surface area contributed by atoms with Gasteiger partial charge in [-0.1, -0.05) is 11.6 Å². The number of aromatic nitrogens is 1. The number of rotatable bonds is 2. The van der Waals surface area contributed by atoms with Crippen LogP contribution in [0.4, 0.5) is 0 Å². The van der Waals surface area contributed by atoms with Gasteiger partial charge in [-0.3, -0.25) is 4.98 Å². The van der Waals surface area contributed by atoms with Crippen LogP contribution in [0.15, 0.2) is 24.4 Å². The van der Waals surface area contributed by atoms with E-state index in [1.807, 2.05) is 13.1 Å². The number of hydrogen-bond donors (Lipinski definition) is 1. The van der Waals surface area contributed by atoms with Gasteiger partial charge in [0, 0.05) is 17.6 Å². The normalized spacial score (nSPS) is 13.0. The second-order valence-corrected chi connectivity index (χ2v) is 4.63. The van der Waals surface area contributed by atoms with Crippen molar-refractivity contribution in [3.63, 3.8) is 0 Å². The summed E-state index contributed by atoms with van der Waals surface area (Å²) in [6, 6.07) is 6.62. The van der Waals surface area contributed by atoms with Gasteiger partial charge in [0.05, 0.1) is 5.52 Å². The topological polar surface area (TPSA) is 38.9 Å². The maximum absolute atomic E-state index is 5.88. The van der Waals surface area contributed by atoms with Crippen molar-refractivity contribution in [3.8, 4) is 0 Å². The average molecular weight is 214 g/mol. The first-order valence-electron chi connectivity index (χ1n) is 5.68. The van der Waals surface area contributed by atoms with Crippen molar-refractivity contribution < 1.29 is 0 Å². The van der Waals surface area contributed by atoms with E-state index >= 15 is 0 Å². The van der Waals surface area contributed by atoms with Gasteiger partial charge in [-0.2, -0.15) is 0 Å². The van der Waals surface area contributed by atoms with Crippen LogP contribution in [-0.2, 0) is 6.42 Å². The Hall–Kier alpha value is -1.41. The van der Waals surface area contributed by atoms with Gasteiger partial charge in [-0.25, -0.2) is 0 Å². The highest BCUT2D eigenvalue weighted by atomic mass is 14.7. The predicted molar refractivity (Wildman–Crippen MR) is 68.6 cm³/mol. The molecule has 0 saturated carbocycles. The number of nitrogens with two attached hydrogens (primary N) is 1. The zero-order valence-corrected chi connectivity index (χ0v) is 10.1. The molecule has 0 radical (unpaired) electrons. The summed E-state index contributed by atoms with van der Waals surface area (Å²) >= 11 is 0. The van der Waals surface area contributed by atoms with Gasteiger partial charge in [0.1, 0.15) is 0 Å². The fourth-order valence-electron chi connectivity index (χ4n) is 2.12. The molecular weight excluding hydrogens is 196 g/mol. The van der Waals surface area contributed by atoms with Crippen LogP contribution in [0.25, 0.3) is 10.9 Å². The number of pyridine rings is 1. The zero-order valence-electron chi connectivity index (χ0n) is 10.1. The van der Waals surface area contributed by atoms with Gasteiger partial charge in [0.2, 0.25) is 0 Å². The molecule has 2 N–H and O–H groups in total. The Kier molecular flexibility index (Phi) is 2.92. The fraction of sp³-hybridized carbons (Fsp3) is 0.357. The van der Waals surface area contributed by atoms with Gasteiger partial charge >= 0.3 is 0 Å². The molecule has 84 valence electrons. The summed E-state index contributed by atoms with van der Waals surface area (Å²) in [7, 11) is 0. The Bertz CT molecular complexity index is 515. The molecule has 2 rings (SSSR count). The molecule has 0 spiro atoms. The SMILES string of the molecule is Cc1cc(CC(C)N)c2nccc(C)c2c1. The number of benzene rings is 1. The molecule has 1 heterocycles. The van der Waals surface area contributed by atoms with E-state index in [1.54, 1.807) is 0 Å². The summed E-state index contributed by atoms with van der Waals surface area (Å²) in [6.07, 6.45) is 2.76. The van der Waals surface area contributed by atoms with Crippen LogP contribution in [0, 0.1) is 13.8 Å². The molecule has 16 heavy (non-hydrogen) atoms. The highest BCUT2D eigenvalue weighted by molar-refractivity contribution is 5.85. The Balaban J connectivity index is 2.68.